The van der Waals surface area contributed by atoms with E-state index in [1.807, 2.05) is 31.2 Å². The molecular weight excluding hydrogens is 324 g/mol. The van der Waals surface area contributed by atoms with Crippen molar-refractivity contribution in [3.63, 3.8) is 0 Å². The van der Waals surface area contributed by atoms with Crippen LogP contribution in [0.2, 0.25) is 0 Å². The highest BCUT2D eigenvalue weighted by Gasteiger charge is 2.21. The number of rotatable bonds is 3. The number of hydrogen-bond acceptors (Lipinski definition) is 5. The molecule has 1 aromatic carbocycles. The molecular formula is C18H18N2O3S. The van der Waals surface area contributed by atoms with Gasteiger partial charge in [0.2, 0.25) is 0 Å². The number of aromatic nitrogens is 2. The van der Waals surface area contributed by atoms with Gasteiger partial charge in [-0.3, -0.25) is 4.79 Å². The zero-order valence-corrected chi connectivity index (χ0v) is 14.8. The van der Waals surface area contributed by atoms with Crippen molar-refractivity contribution in [2.24, 2.45) is 0 Å². The minimum absolute atomic E-state index is 0.212. The van der Waals surface area contributed by atoms with E-state index in [9.17, 15) is 9.59 Å². The van der Waals surface area contributed by atoms with Gasteiger partial charge in [0, 0.05) is 5.56 Å². The van der Waals surface area contributed by atoms with Gasteiger partial charge < -0.3 is 9.72 Å². The third kappa shape index (κ3) is 2.97. The van der Waals surface area contributed by atoms with Crippen LogP contribution in [0.3, 0.4) is 0 Å². The maximum atomic E-state index is 12.5. The van der Waals surface area contributed by atoms with Gasteiger partial charge in [-0.25, -0.2) is 9.78 Å². The Labute approximate surface area is 143 Å². The van der Waals surface area contributed by atoms with Crippen LogP contribution in [0.1, 0.15) is 34.6 Å². The number of ether oxygens (including phenoxy) is 1. The first kappa shape index (κ1) is 16.4. The lowest BCUT2D eigenvalue weighted by Gasteiger charge is -2.06. The minimum Gasteiger partial charge on any atom is -0.459 e. The number of thiophene rings is 1. The van der Waals surface area contributed by atoms with Crippen LogP contribution in [0, 0.1) is 13.8 Å². The largest absolute Gasteiger partial charge is 0.459 e. The van der Waals surface area contributed by atoms with Crippen LogP contribution in [-0.2, 0) is 4.74 Å². The summed E-state index contributed by atoms with van der Waals surface area (Å²) in [6, 6.07) is 7.75. The van der Waals surface area contributed by atoms with E-state index < -0.39 is 5.97 Å². The van der Waals surface area contributed by atoms with Gasteiger partial charge in [0.15, 0.2) is 0 Å². The van der Waals surface area contributed by atoms with E-state index in [1.54, 1.807) is 20.8 Å². The average molecular weight is 342 g/mol. The Morgan fingerprint density at radius 2 is 2.04 bits per heavy atom. The van der Waals surface area contributed by atoms with Gasteiger partial charge >= 0.3 is 5.97 Å². The predicted octanol–water partition coefficient (Wildman–Crippen LogP) is 3.83. The molecule has 2 heterocycles. The zero-order chi connectivity index (χ0) is 17.4. The predicted molar refractivity (Wildman–Crippen MR) is 95.7 cm³/mol. The molecule has 0 bridgehead atoms. The van der Waals surface area contributed by atoms with Crippen molar-refractivity contribution in [3.8, 4) is 11.4 Å². The molecule has 1 N–H and O–H groups in total. The highest BCUT2D eigenvalue weighted by molar-refractivity contribution is 7.20. The average Bonchev–Trinajstić information content (AvgIpc) is 2.84. The van der Waals surface area contributed by atoms with E-state index in [-0.39, 0.29) is 11.7 Å². The Hall–Kier alpha value is -2.47. The lowest BCUT2D eigenvalue weighted by Crippen LogP contribution is -2.12. The Morgan fingerprint density at radius 1 is 1.29 bits per heavy atom. The number of carbonyl (C=O) groups excluding carboxylic acids is 1. The molecule has 0 saturated heterocycles. The molecule has 0 fully saturated rings. The fraction of sp³-hybridized carbons (Fsp3) is 0.278. The van der Waals surface area contributed by atoms with Crippen LogP contribution in [0.15, 0.2) is 29.1 Å². The number of benzene rings is 1. The molecule has 0 aliphatic carbocycles. The van der Waals surface area contributed by atoms with E-state index in [2.05, 4.69) is 9.97 Å². The first-order chi connectivity index (χ1) is 11.4. The molecule has 0 aliphatic heterocycles. The van der Waals surface area contributed by atoms with Gasteiger partial charge in [-0.1, -0.05) is 23.8 Å². The van der Waals surface area contributed by atoms with Crippen LogP contribution in [0.4, 0.5) is 0 Å². The van der Waals surface area contributed by atoms with Crippen LogP contribution >= 0.6 is 11.3 Å². The number of carbonyl (C=O) groups is 1. The fourth-order valence-corrected chi connectivity index (χ4v) is 3.60. The summed E-state index contributed by atoms with van der Waals surface area (Å²) in [7, 11) is 0. The summed E-state index contributed by atoms with van der Waals surface area (Å²) in [6.45, 7) is 7.32. The van der Waals surface area contributed by atoms with E-state index in [1.165, 1.54) is 11.3 Å². The molecule has 0 radical (unpaired) electrons. The second kappa shape index (κ2) is 6.20. The van der Waals surface area contributed by atoms with Crippen molar-refractivity contribution < 1.29 is 9.53 Å². The summed E-state index contributed by atoms with van der Waals surface area (Å²) in [4.78, 5) is 33.0. The van der Waals surface area contributed by atoms with Gasteiger partial charge in [-0.05, 0) is 39.3 Å². The fourth-order valence-electron chi connectivity index (χ4n) is 2.54. The highest BCUT2D eigenvalue weighted by Crippen LogP contribution is 2.29. The quantitative estimate of drug-likeness (QED) is 0.734. The number of aromatic amines is 1. The van der Waals surface area contributed by atoms with Crippen LogP contribution < -0.4 is 5.56 Å². The normalized spacial score (nSPS) is 11.2. The van der Waals surface area contributed by atoms with Crippen LogP contribution in [-0.4, -0.2) is 22.0 Å². The first-order valence-electron chi connectivity index (χ1n) is 7.68. The Morgan fingerprint density at radius 3 is 2.71 bits per heavy atom. The number of nitrogens with one attached hydrogen (secondary N) is 1. The monoisotopic (exact) mass is 342 g/mol. The van der Waals surface area contributed by atoms with Crippen molar-refractivity contribution in [2.75, 3.05) is 0 Å². The standard InChI is InChI=1S/C18H18N2O3S/c1-9(2)23-18(22)14-11(4)13-16(21)19-15(20-17(13)24-14)12-7-5-6-10(3)8-12/h5-9H,1-4H3,(H,19,20,21). The second-order valence-electron chi connectivity index (χ2n) is 5.97. The van der Waals surface area contributed by atoms with Crippen LogP contribution in [0.5, 0.6) is 0 Å². The smallest absolute Gasteiger partial charge is 0.348 e. The molecule has 3 aromatic rings. The van der Waals surface area contributed by atoms with Gasteiger partial charge in [-0.2, -0.15) is 0 Å². The lowest BCUT2D eigenvalue weighted by atomic mass is 10.1. The molecule has 0 unspecified atom stereocenters. The molecule has 0 atom stereocenters. The number of H-pyrrole nitrogens is 1. The number of aryl methyl sites for hydroxylation is 2. The highest BCUT2D eigenvalue weighted by atomic mass is 32.1. The molecule has 124 valence electrons. The van der Waals surface area contributed by atoms with Gasteiger partial charge in [-0.15, -0.1) is 11.3 Å². The van der Waals surface area contributed by atoms with Gasteiger partial charge in [0.1, 0.15) is 15.5 Å². The van der Waals surface area contributed by atoms with Crippen molar-refractivity contribution in [2.45, 2.75) is 33.8 Å². The maximum absolute atomic E-state index is 12.5. The molecule has 0 amide bonds. The summed E-state index contributed by atoms with van der Waals surface area (Å²) >= 11 is 1.20. The van der Waals surface area contributed by atoms with Gasteiger partial charge in [0.25, 0.3) is 5.56 Å². The number of hydrogen-bond donors (Lipinski definition) is 1. The van der Waals surface area contributed by atoms with Crippen molar-refractivity contribution in [1.82, 2.24) is 9.97 Å². The summed E-state index contributed by atoms with van der Waals surface area (Å²) in [5.74, 6) is 0.0863. The Bertz CT molecular complexity index is 986. The van der Waals surface area contributed by atoms with E-state index in [4.69, 9.17) is 4.74 Å². The SMILES string of the molecule is Cc1cccc(-c2nc3sc(C(=O)OC(C)C)c(C)c3c(=O)[nH]2)c1. The topological polar surface area (TPSA) is 72.0 Å². The first-order valence-corrected chi connectivity index (χ1v) is 8.50. The summed E-state index contributed by atoms with van der Waals surface area (Å²) in [5.41, 5.74) is 2.30. The molecule has 5 nitrogen and oxygen atoms in total. The third-order valence-corrected chi connectivity index (χ3v) is 4.79. The van der Waals surface area contributed by atoms with Crippen molar-refractivity contribution >= 4 is 27.5 Å². The maximum Gasteiger partial charge on any atom is 0.348 e. The van der Waals surface area contributed by atoms with Crippen molar-refractivity contribution in [3.05, 3.63) is 50.6 Å². The van der Waals surface area contributed by atoms with E-state index in [0.717, 1.165) is 11.1 Å². The molecule has 0 saturated carbocycles. The Balaban J connectivity index is 2.15. The van der Waals surface area contributed by atoms with Crippen molar-refractivity contribution in [1.29, 1.82) is 0 Å². The summed E-state index contributed by atoms with van der Waals surface area (Å²) < 4.78 is 5.25. The number of esters is 1. The van der Waals surface area contributed by atoms with Crippen LogP contribution in [0.25, 0.3) is 21.6 Å². The molecule has 0 spiro atoms. The number of nitrogens with zero attached hydrogens (tertiary/aromatic N) is 1. The molecule has 6 heteroatoms. The van der Waals surface area contributed by atoms with E-state index >= 15 is 0 Å². The lowest BCUT2D eigenvalue weighted by molar-refractivity contribution is 0.0383. The second-order valence-corrected chi connectivity index (χ2v) is 6.97. The molecule has 24 heavy (non-hydrogen) atoms. The summed E-state index contributed by atoms with van der Waals surface area (Å²) in [5, 5.41) is 0.451. The molecule has 2 aromatic heterocycles. The molecule has 3 rings (SSSR count). The minimum atomic E-state index is -0.415. The number of fused-ring (bicyclic) bond motifs is 1. The molecule has 0 aliphatic rings. The Kier molecular flexibility index (Phi) is 4.24. The van der Waals surface area contributed by atoms with Gasteiger partial charge in [0.05, 0.1) is 11.5 Å². The summed E-state index contributed by atoms with van der Waals surface area (Å²) in [6.07, 6.45) is -0.212. The third-order valence-electron chi connectivity index (χ3n) is 3.62. The van der Waals surface area contributed by atoms with E-state index in [0.29, 0.717) is 26.5 Å². The zero-order valence-electron chi connectivity index (χ0n) is 14.0.